The highest BCUT2D eigenvalue weighted by molar-refractivity contribution is 7.89. The summed E-state index contributed by atoms with van der Waals surface area (Å²) in [6.07, 6.45) is 1.07. The van der Waals surface area contributed by atoms with Crippen LogP contribution in [-0.4, -0.2) is 38.8 Å². The van der Waals surface area contributed by atoms with Gasteiger partial charge in [-0.3, -0.25) is 4.79 Å². The van der Waals surface area contributed by atoms with E-state index >= 15 is 0 Å². The van der Waals surface area contributed by atoms with Crippen LogP contribution in [0.5, 0.6) is 5.75 Å². The zero-order valence-electron chi connectivity index (χ0n) is 16.1. The van der Waals surface area contributed by atoms with E-state index in [0.29, 0.717) is 25.1 Å². The molecule has 156 valence electrons. The second-order valence-electron chi connectivity index (χ2n) is 6.95. The second-order valence-corrected chi connectivity index (χ2v) is 9.29. The summed E-state index contributed by atoms with van der Waals surface area (Å²) >= 11 is 5.98. The lowest BCUT2D eigenvalue weighted by molar-refractivity contribution is -0.120. The maximum Gasteiger partial charge on any atom is 0.246 e. The minimum atomic E-state index is -3.90. The van der Waals surface area contributed by atoms with E-state index in [1.54, 1.807) is 19.1 Å². The van der Waals surface area contributed by atoms with Crippen LogP contribution in [0.15, 0.2) is 41.3 Å². The number of carbonyl (C=O) groups excluding carboxylic acids is 1. The fraction of sp³-hybridized carbons (Fsp3) is 0.350. The summed E-state index contributed by atoms with van der Waals surface area (Å²) < 4.78 is 46.2. The van der Waals surface area contributed by atoms with Crippen LogP contribution in [0.2, 0.25) is 5.02 Å². The molecule has 0 aliphatic carbocycles. The quantitative estimate of drug-likeness (QED) is 0.766. The number of halogens is 2. The third-order valence-electron chi connectivity index (χ3n) is 4.96. The van der Waals surface area contributed by atoms with E-state index in [4.69, 9.17) is 16.3 Å². The molecule has 1 heterocycles. The standard InChI is InChI=1S/C20H22ClFN2O4S/c1-13-5-7-16(22)11-17(13)23-20(25)14-4-3-9-24(12-14)29(26,27)19-10-15(21)6-8-18(19)28-2/h5-8,10-11,14H,3-4,9,12H2,1-2H3,(H,23,25)/t14-/m1/s1. The lowest BCUT2D eigenvalue weighted by atomic mass is 9.98. The second kappa shape index (κ2) is 8.69. The van der Waals surface area contributed by atoms with Crippen molar-refractivity contribution in [1.29, 1.82) is 0 Å². The fourth-order valence-electron chi connectivity index (χ4n) is 3.33. The number of carbonyl (C=O) groups is 1. The molecule has 0 saturated carbocycles. The molecule has 3 rings (SSSR count). The van der Waals surface area contributed by atoms with Crippen molar-refractivity contribution in [2.24, 2.45) is 5.92 Å². The summed E-state index contributed by atoms with van der Waals surface area (Å²) in [5.41, 5.74) is 1.11. The van der Waals surface area contributed by atoms with Crippen molar-refractivity contribution in [3.63, 3.8) is 0 Å². The van der Waals surface area contributed by atoms with Crippen LogP contribution in [0.25, 0.3) is 0 Å². The van der Waals surface area contributed by atoms with E-state index in [0.717, 1.165) is 5.56 Å². The van der Waals surface area contributed by atoms with Crippen LogP contribution >= 0.6 is 11.6 Å². The average Bonchev–Trinajstić information content (AvgIpc) is 2.70. The number of ether oxygens (including phenoxy) is 1. The van der Waals surface area contributed by atoms with Gasteiger partial charge in [-0.2, -0.15) is 4.31 Å². The van der Waals surface area contributed by atoms with Gasteiger partial charge in [-0.15, -0.1) is 0 Å². The van der Waals surface area contributed by atoms with Gasteiger partial charge in [-0.25, -0.2) is 12.8 Å². The Morgan fingerprint density at radius 3 is 2.76 bits per heavy atom. The molecule has 1 aliphatic heterocycles. The molecule has 0 bridgehead atoms. The Morgan fingerprint density at radius 2 is 2.03 bits per heavy atom. The highest BCUT2D eigenvalue weighted by Gasteiger charge is 2.35. The number of nitrogens with one attached hydrogen (secondary N) is 1. The van der Waals surface area contributed by atoms with Gasteiger partial charge in [0.15, 0.2) is 0 Å². The maximum atomic E-state index is 13.5. The molecule has 2 aromatic carbocycles. The number of amides is 1. The van der Waals surface area contributed by atoms with Gasteiger partial charge in [-0.05, 0) is 55.7 Å². The Bertz CT molecular complexity index is 1030. The molecule has 1 fully saturated rings. The monoisotopic (exact) mass is 440 g/mol. The maximum absolute atomic E-state index is 13.5. The van der Waals surface area contributed by atoms with Crippen molar-refractivity contribution in [2.75, 3.05) is 25.5 Å². The topological polar surface area (TPSA) is 75.7 Å². The van der Waals surface area contributed by atoms with E-state index in [2.05, 4.69) is 5.32 Å². The Labute approximate surface area is 174 Å². The number of sulfonamides is 1. The Kier molecular flexibility index (Phi) is 6.45. The number of piperidine rings is 1. The van der Waals surface area contributed by atoms with E-state index in [1.165, 1.54) is 35.7 Å². The summed E-state index contributed by atoms with van der Waals surface area (Å²) in [6.45, 7) is 2.08. The predicted octanol–water partition coefficient (Wildman–Crippen LogP) is 3.84. The van der Waals surface area contributed by atoms with Crippen LogP contribution in [0.3, 0.4) is 0 Å². The molecule has 1 aliphatic rings. The van der Waals surface area contributed by atoms with Crippen LogP contribution < -0.4 is 10.1 Å². The third-order valence-corrected chi connectivity index (χ3v) is 7.08. The zero-order valence-corrected chi connectivity index (χ0v) is 17.7. The van der Waals surface area contributed by atoms with E-state index in [1.807, 2.05) is 0 Å². The number of hydrogen-bond acceptors (Lipinski definition) is 4. The van der Waals surface area contributed by atoms with Gasteiger partial charge >= 0.3 is 0 Å². The number of nitrogens with zero attached hydrogens (tertiary/aromatic N) is 1. The molecule has 0 unspecified atom stereocenters. The van der Waals surface area contributed by atoms with Gasteiger partial charge in [0.05, 0.1) is 13.0 Å². The first-order chi connectivity index (χ1) is 13.7. The molecule has 1 N–H and O–H groups in total. The van der Waals surface area contributed by atoms with Crippen molar-refractivity contribution < 1.29 is 22.3 Å². The smallest absolute Gasteiger partial charge is 0.246 e. The SMILES string of the molecule is COc1ccc(Cl)cc1S(=O)(=O)N1CCC[C@@H](C(=O)Nc2cc(F)ccc2C)C1. The minimum absolute atomic E-state index is 0.0260. The summed E-state index contributed by atoms with van der Waals surface area (Å²) in [4.78, 5) is 12.7. The zero-order chi connectivity index (χ0) is 21.2. The van der Waals surface area contributed by atoms with Crippen molar-refractivity contribution in [3.8, 4) is 5.75 Å². The third kappa shape index (κ3) is 4.71. The molecule has 6 nitrogen and oxygen atoms in total. The van der Waals surface area contributed by atoms with Crippen LogP contribution in [0.1, 0.15) is 18.4 Å². The largest absolute Gasteiger partial charge is 0.495 e. The summed E-state index contributed by atoms with van der Waals surface area (Å²) in [5.74, 6) is -1.15. The highest BCUT2D eigenvalue weighted by atomic mass is 35.5. The number of rotatable bonds is 5. The summed E-state index contributed by atoms with van der Waals surface area (Å²) in [6, 6.07) is 8.53. The van der Waals surface area contributed by atoms with Crippen molar-refractivity contribution >= 4 is 33.2 Å². The van der Waals surface area contributed by atoms with Gasteiger partial charge in [0.1, 0.15) is 16.5 Å². The molecular formula is C20H22ClFN2O4S. The molecule has 1 atom stereocenters. The number of anilines is 1. The Hall–Kier alpha value is -2.16. The lowest BCUT2D eigenvalue weighted by Crippen LogP contribution is -2.43. The Balaban J connectivity index is 1.80. The molecule has 1 amide bonds. The van der Waals surface area contributed by atoms with Crippen molar-refractivity contribution in [1.82, 2.24) is 4.31 Å². The average molecular weight is 441 g/mol. The van der Waals surface area contributed by atoms with E-state index in [9.17, 15) is 17.6 Å². The lowest BCUT2D eigenvalue weighted by Gasteiger charge is -2.31. The molecule has 9 heteroatoms. The van der Waals surface area contributed by atoms with Crippen LogP contribution in [0.4, 0.5) is 10.1 Å². The molecular weight excluding hydrogens is 419 g/mol. The summed E-state index contributed by atoms with van der Waals surface area (Å²) in [7, 11) is -2.51. The Morgan fingerprint density at radius 1 is 1.28 bits per heavy atom. The number of benzene rings is 2. The van der Waals surface area contributed by atoms with Gasteiger partial charge < -0.3 is 10.1 Å². The highest BCUT2D eigenvalue weighted by Crippen LogP contribution is 2.32. The minimum Gasteiger partial charge on any atom is -0.495 e. The normalized spacial score (nSPS) is 17.7. The van der Waals surface area contributed by atoms with Gasteiger partial charge in [-0.1, -0.05) is 17.7 Å². The summed E-state index contributed by atoms with van der Waals surface area (Å²) in [5, 5.41) is 2.99. The molecule has 0 aromatic heterocycles. The van der Waals surface area contributed by atoms with Gasteiger partial charge in [0.2, 0.25) is 15.9 Å². The van der Waals surface area contributed by atoms with E-state index in [-0.39, 0.29) is 28.1 Å². The number of hydrogen-bond donors (Lipinski definition) is 1. The first kappa shape index (κ1) is 21.5. The number of aryl methyl sites for hydroxylation is 1. The predicted molar refractivity (Wildman–Crippen MR) is 109 cm³/mol. The molecule has 0 spiro atoms. The van der Waals surface area contributed by atoms with E-state index < -0.39 is 21.8 Å². The molecule has 0 radical (unpaired) electrons. The molecule has 2 aromatic rings. The van der Waals surface area contributed by atoms with Gasteiger partial charge in [0, 0.05) is 23.8 Å². The molecule has 29 heavy (non-hydrogen) atoms. The van der Waals surface area contributed by atoms with Crippen LogP contribution in [0, 0.1) is 18.7 Å². The van der Waals surface area contributed by atoms with Crippen LogP contribution in [-0.2, 0) is 14.8 Å². The number of methoxy groups -OCH3 is 1. The first-order valence-corrected chi connectivity index (χ1v) is 10.9. The van der Waals surface area contributed by atoms with Crippen molar-refractivity contribution in [3.05, 3.63) is 52.8 Å². The van der Waals surface area contributed by atoms with Gasteiger partial charge in [0.25, 0.3) is 0 Å². The first-order valence-electron chi connectivity index (χ1n) is 9.13. The fourth-order valence-corrected chi connectivity index (χ4v) is 5.27. The molecule has 1 saturated heterocycles. The van der Waals surface area contributed by atoms with Crippen molar-refractivity contribution in [2.45, 2.75) is 24.7 Å².